The molecule has 0 radical (unpaired) electrons. The molecule has 2 nitrogen and oxygen atoms in total. The predicted octanol–water partition coefficient (Wildman–Crippen LogP) is 2.55. The molecule has 0 amide bonds. The van der Waals surface area contributed by atoms with Gasteiger partial charge in [-0.15, -0.1) is 0 Å². The van der Waals surface area contributed by atoms with Crippen LogP contribution >= 0.6 is 0 Å². The van der Waals surface area contributed by atoms with Crippen LogP contribution in [-0.2, 0) is 11.2 Å². The average molecular weight is 221 g/mol. The molecule has 0 aliphatic rings. The first kappa shape index (κ1) is 13.2. The second-order valence-corrected chi connectivity index (χ2v) is 4.19. The monoisotopic (exact) mass is 221 g/mol. The van der Waals surface area contributed by atoms with E-state index in [1.165, 1.54) is 11.1 Å². The average Bonchev–Trinajstić information content (AvgIpc) is 2.30. The molecular formula is C14H23NO. The van der Waals surface area contributed by atoms with Gasteiger partial charge in [0.25, 0.3) is 0 Å². The van der Waals surface area contributed by atoms with Crippen LogP contribution in [0.1, 0.15) is 24.5 Å². The van der Waals surface area contributed by atoms with Gasteiger partial charge in [0, 0.05) is 12.6 Å². The third-order valence-corrected chi connectivity index (χ3v) is 2.80. The van der Waals surface area contributed by atoms with E-state index >= 15 is 0 Å². The number of hydrogen-bond donors (Lipinski definition) is 1. The van der Waals surface area contributed by atoms with Crippen molar-refractivity contribution < 1.29 is 4.74 Å². The summed E-state index contributed by atoms with van der Waals surface area (Å²) in [5.41, 5.74) is 2.76. The minimum absolute atomic E-state index is 0.410. The summed E-state index contributed by atoms with van der Waals surface area (Å²) >= 11 is 0. The quantitative estimate of drug-likeness (QED) is 0.714. The van der Waals surface area contributed by atoms with Crippen LogP contribution in [0.4, 0.5) is 0 Å². The number of likely N-dealkylation sites (N-methyl/N-ethyl adjacent to an activating group) is 1. The van der Waals surface area contributed by atoms with Crippen molar-refractivity contribution in [1.82, 2.24) is 5.32 Å². The smallest absolute Gasteiger partial charge is 0.0622 e. The van der Waals surface area contributed by atoms with Gasteiger partial charge in [-0.05, 0) is 37.9 Å². The zero-order chi connectivity index (χ0) is 11.8. The summed E-state index contributed by atoms with van der Waals surface area (Å²) in [6.45, 7) is 5.94. The first-order valence-corrected chi connectivity index (χ1v) is 6.07. The highest BCUT2D eigenvalue weighted by Crippen LogP contribution is 2.09. The zero-order valence-corrected chi connectivity index (χ0v) is 10.6. The molecule has 0 saturated carbocycles. The SMILES string of the molecule is CCCOCC(Cc1ccccc1C)NC. The first-order valence-electron chi connectivity index (χ1n) is 6.07. The van der Waals surface area contributed by atoms with E-state index in [0.717, 1.165) is 26.1 Å². The lowest BCUT2D eigenvalue weighted by atomic mass is 10.0. The van der Waals surface area contributed by atoms with Crippen LogP contribution in [-0.4, -0.2) is 26.3 Å². The van der Waals surface area contributed by atoms with Crippen molar-refractivity contribution in [1.29, 1.82) is 0 Å². The Morgan fingerprint density at radius 1 is 1.31 bits per heavy atom. The van der Waals surface area contributed by atoms with E-state index in [4.69, 9.17) is 4.74 Å². The van der Waals surface area contributed by atoms with E-state index in [0.29, 0.717) is 6.04 Å². The van der Waals surface area contributed by atoms with Crippen LogP contribution in [0, 0.1) is 6.92 Å². The summed E-state index contributed by atoms with van der Waals surface area (Å²) in [5.74, 6) is 0. The van der Waals surface area contributed by atoms with Crippen molar-refractivity contribution in [3.63, 3.8) is 0 Å². The van der Waals surface area contributed by atoms with Crippen molar-refractivity contribution in [2.75, 3.05) is 20.3 Å². The summed E-state index contributed by atoms with van der Waals surface area (Å²) < 4.78 is 5.59. The standard InChI is InChI=1S/C14H23NO/c1-4-9-16-11-14(15-3)10-13-8-6-5-7-12(13)2/h5-8,14-15H,4,9-11H2,1-3H3. The Labute approximate surface area is 99.0 Å². The van der Waals surface area contributed by atoms with E-state index in [1.807, 2.05) is 7.05 Å². The second kappa shape index (κ2) is 7.42. The van der Waals surface area contributed by atoms with Crippen molar-refractivity contribution in [3.8, 4) is 0 Å². The highest BCUT2D eigenvalue weighted by atomic mass is 16.5. The molecule has 1 unspecified atom stereocenters. The lowest BCUT2D eigenvalue weighted by molar-refractivity contribution is 0.114. The molecule has 1 rings (SSSR count). The molecule has 0 fully saturated rings. The number of ether oxygens (including phenoxy) is 1. The second-order valence-electron chi connectivity index (χ2n) is 4.19. The summed E-state index contributed by atoms with van der Waals surface area (Å²) in [6, 6.07) is 8.95. The highest BCUT2D eigenvalue weighted by molar-refractivity contribution is 5.26. The molecule has 1 atom stereocenters. The molecule has 0 heterocycles. The minimum Gasteiger partial charge on any atom is -0.380 e. The van der Waals surface area contributed by atoms with Crippen LogP contribution in [0.3, 0.4) is 0 Å². The molecule has 0 aliphatic heterocycles. The van der Waals surface area contributed by atoms with E-state index in [9.17, 15) is 0 Å². The molecule has 0 aliphatic carbocycles. The molecular weight excluding hydrogens is 198 g/mol. The Balaban J connectivity index is 2.46. The molecule has 1 aromatic carbocycles. The fourth-order valence-electron chi connectivity index (χ4n) is 1.72. The van der Waals surface area contributed by atoms with Gasteiger partial charge in [-0.25, -0.2) is 0 Å². The fraction of sp³-hybridized carbons (Fsp3) is 0.571. The molecule has 0 bridgehead atoms. The lowest BCUT2D eigenvalue weighted by Gasteiger charge is -2.17. The highest BCUT2D eigenvalue weighted by Gasteiger charge is 2.08. The van der Waals surface area contributed by atoms with Crippen molar-refractivity contribution >= 4 is 0 Å². The first-order chi connectivity index (χ1) is 7.77. The maximum absolute atomic E-state index is 5.59. The number of aryl methyl sites for hydroxylation is 1. The number of nitrogens with one attached hydrogen (secondary N) is 1. The maximum Gasteiger partial charge on any atom is 0.0622 e. The van der Waals surface area contributed by atoms with Gasteiger partial charge in [0.2, 0.25) is 0 Å². The topological polar surface area (TPSA) is 21.3 Å². The summed E-state index contributed by atoms with van der Waals surface area (Å²) in [4.78, 5) is 0. The Morgan fingerprint density at radius 3 is 2.69 bits per heavy atom. The molecule has 16 heavy (non-hydrogen) atoms. The Hall–Kier alpha value is -0.860. The van der Waals surface area contributed by atoms with E-state index in [1.54, 1.807) is 0 Å². The molecule has 2 heteroatoms. The van der Waals surface area contributed by atoms with E-state index in [-0.39, 0.29) is 0 Å². The number of rotatable bonds is 7. The number of hydrogen-bond acceptors (Lipinski definition) is 2. The molecule has 0 saturated heterocycles. The van der Waals surface area contributed by atoms with Crippen LogP contribution < -0.4 is 5.32 Å². The van der Waals surface area contributed by atoms with Gasteiger partial charge in [0.05, 0.1) is 6.61 Å². The van der Waals surface area contributed by atoms with Crippen LogP contribution in [0.2, 0.25) is 0 Å². The van der Waals surface area contributed by atoms with Crippen LogP contribution in [0.25, 0.3) is 0 Å². The molecule has 90 valence electrons. The van der Waals surface area contributed by atoms with Crippen molar-refractivity contribution in [3.05, 3.63) is 35.4 Å². The van der Waals surface area contributed by atoms with Crippen LogP contribution in [0.15, 0.2) is 24.3 Å². The Bertz CT molecular complexity index is 299. The summed E-state index contributed by atoms with van der Waals surface area (Å²) in [5, 5.41) is 3.31. The van der Waals surface area contributed by atoms with Gasteiger partial charge in [0.1, 0.15) is 0 Å². The molecule has 0 spiro atoms. The minimum atomic E-state index is 0.410. The molecule has 0 aromatic heterocycles. The summed E-state index contributed by atoms with van der Waals surface area (Å²) in [6.07, 6.45) is 2.12. The molecule has 1 N–H and O–H groups in total. The van der Waals surface area contributed by atoms with Gasteiger partial charge in [-0.1, -0.05) is 31.2 Å². The van der Waals surface area contributed by atoms with Gasteiger partial charge < -0.3 is 10.1 Å². The Morgan fingerprint density at radius 2 is 2.06 bits per heavy atom. The zero-order valence-electron chi connectivity index (χ0n) is 10.6. The van der Waals surface area contributed by atoms with Gasteiger partial charge in [-0.3, -0.25) is 0 Å². The Kier molecular flexibility index (Phi) is 6.12. The predicted molar refractivity (Wildman–Crippen MR) is 68.8 cm³/mol. The normalized spacial score (nSPS) is 12.7. The molecule has 1 aromatic rings. The largest absolute Gasteiger partial charge is 0.380 e. The fourth-order valence-corrected chi connectivity index (χ4v) is 1.72. The summed E-state index contributed by atoms with van der Waals surface area (Å²) in [7, 11) is 2.00. The van der Waals surface area contributed by atoms with Crippen LogP contribution in [0.5, 0.6) is 0 Å². The number of benzene rings is 1. The van der Waals surface area contributed by atoms with Gasteiger partial charge in [-0.2, -0.15) is 0 Å². The van der Waals surface area contributed by atoms with E-state index < -0.39 is 0 Å². The third kappa shape index (κ3) is 4.33. The maximum atomic E-state index is 5.59. The van der Waals surface area contributed by atoms with E-state index in [2.05, 4.69) is 43.4 Å². The van der Waals surface area contributed by atoms with Crippen molar-refractivity contribution in [2.45, 2.75) is 32.7 Å². The van der Waals surface area contributed by atoms with Gasteiger partial charge >= 0.3 is 0 Å². The van der Waals surface area contributed by atoms with Crippen molar-refractivity contribution in [2.24, 2.45) is 0 Å². The third-order valence-electron chi connectivity index (χ3n) is 2.80. The van der Waals surface area contributed by atoms with Gasteiger partial charge in [0.15, 0.2) is 0 Å². The lowest BCUT2D eigenvalue weighted by Crippen LogP contribution is -2.32.